The van der Waals surface area contributed by atoms with Crippen molar-refractivity contribution in [3.05, 3.63) is 329 Å². The molecular formula is C84H60Br4O8. The first kappa shape index (κ1) is 62.5. The highest BCUT2D eigenvalue weighted by atomic mass is 79.9. The summed E-state index contributed by atoms with van der Waals surface area (Å²) in [7, 11) is 0. The van der Waals surface area contributed by atoms with E-state index in [-0.39, 0.29) is 26.4 Å². The Kier molecular flexibility index (Phi) is 18.5. The molecule has 14 aromatic rings. The van der Waals surface area contributed by atoms with Crippen LogP contribution in [0.5, 0.6) is 46.0 Å². The zero-order valence-corrected chi connectivity index (χ0v) is 58.2. The van der Waals surface area contributed by atoms with E-state index in [4.69, 9.17) is 37.9 Å². The lowest BCUT2D eigenvalue weighted by Crippen LogP contribution is -2.04. The molecule has 0 fully saturated rings. The lowest BCUT2D eigenvalue weighted by Gasteiger charge is -2.22. The van der Waals surface area contributed by atoms with Gasteiger partial charge >= 0.3 is 0 Å². The Labute approximate surface area is 590 Å². The van der Waals surface area contributed by atoms with Gasteiger partial charge in [-0.15, -0.1) is 0 Å². The van der Waals surface area contributed by atoms with Crippen LogP contribution in [-0.2, 0) is 52.9 Å². The molecule has 4 heterocycles. The van der Waals surface area contributed by atoms with E-state index in [1.165, 1.54) is 0 Å². The maximum absolute atomic E-state index is 7.15. The number of halogens is 4. The van der Waals surface area contributed by atoms with Gasteiger partial charge in [0.15, 0.2) is 0 Å². The summed E-state index contributed by atoms with van der Waals surface area (Å²) in [6.07, 6.45) is 0. The molecule has 96 heavy (non-hydrogen) atoms. The highest BCUT2D eigenvalue weighted by Crippen LogP contribution is 2.52. The third-order valence-corrected chi connectivity index (χ3v) is 19.7. The summed E-state index contributed by atoms with van der Waals surface area (Å²) in [5, 5.41) is 7.59. The minimum Gasteiger partial charge on any atom is -0.488 e. The molecule has 0 atom stereocenters. The monoisotopic (exact) mass is 1510 g/mol. The molecule has 0 aromatic heterocycles. The topological polar surface area (TPSA) is 73.8 Å². The molecule has 4 aliphatic rings. The lowest BCUT2D eigenvalue weighted by molar-refractivity contribution is 0.299. The Balaban J connectivity index is 0.866. The van der Waals surface area contributed by atoms with Gasteiger partial charge in [0.05, 0.1) is 17.9 Å². The molecule has 472 valence electrons. The van der Waals surface area contributed by atoms with Gasteiger partial charge in [-0.3, -0.25) is 0 Å². The van der Waals surface area contributed by atoms with Crippen molar-refractivity contribution >= 4 is 107 Å². The van der Waals surface area contributed by atoms with Gasteiger partial charge in [0.2, 0.25) is 0 Å². The third kappa shape index (κ3) is 13.8. The molecule has 18 rings (SSSR count). The fourth-order valence-electron chi connectivity index (χ4n) is 12.2. The number of benzene rings is 14. The molecule has 0 N–H and O–H groups in total. The normalized spacial score (nSPS) is 12.3. The van der Waals surface area contributed by atoms with Crippen molar-refractivity contribution in [2.45, 2.75) is 52.9 Å². The van der Waals surface area contributed by atoms with Gasteiger partial charge in [0.1, 0.15) is 98.9 Å². The fraction of sp³-hybridized carbons (Fsp3) is 0.0952. The number of rotatable bonds is 12. The number of fused-ring (bicyclic) bond motifs is 4. The van der Waals surface area contributed by atoms with Crippen LogP contribution in [0, 0.1) is 0 Å². The van der Waals surface area contributed by atoms with Crippen LogP contribution in [0.25, 0.3) is 65.3 Å². The maximum atomic E-state index is 7.15. The summed E-state index contributed by atoms with van der Waals surface area (Å²) in [5.74, 6) is 5.41. The van der Waals surface area contributed by atoms with E-state index in [2.05, 4.69) is 258 Å². The molecule has 12 heteroatoms. The van der Waals surface area contributed by atoms with Gasteiger partial charge in [0, 0.05) is 22.3 Å². The molecule has 4 aliphatic heterocycles. The summed E-state index contributed by atoms with van der Waals surface area (Å²) in [6, 6.07) is 91.2. The molecule has 0 aliphatic carbocycles. The van der Waals surface area contributed by atoms with Crippen molar-refractivity contribution < 1.29 is 37.9 Å². The smallest absolute Gasteiger partial charge is 0.134 e. The van der Waals surface area contributed by atoms with Crippen molar-refractivity contribution in [2.75, 3.05) is 0 Å². The van der Waals surface area contributed by atoms with E-state index in [1.807, 2.05) is 72.8 Å². The predicted molar refractivity (Wildman–Crippen MR) is 398 cm³/mol. The summed E-state index contributed by atoms with van der Waals surface area (Å²) in [4.78, 5) is 0. The summed E-state index contributed by atoms with van der Waals surface area (Å²) < 4.78 is 58.5. The van der Waals surface area contributed by atoms with Crippen LogP contribution in [0.2, 0.25) is 0 Å². The highest BCUT2D eigenvalue weighted by molar-refractivity contribution is 9.11. The van der Waals surface area contributed by atoms with Gasteiger partial charge < -0.3 is 37.9 Å². The zero-order valence-electron chi connectivity index (χ0n) is 51.8. The van der Waals surface area contributed by atoms with Crippen LogP contribution in [-0.4, -0.2) is 0 Å². The van der Waals surface area contributed by atoms with Crippen LogP contribution in [0.15, 0.2) is 285 Å². The predicted octanol–water partition coefficient (Wildman–Crippen LogP) is 23.6. The molecule has 0 spiro atoms. The van der Waals surface area contributed by atoms with Gasteiger partial charge in [0.25, 0.3) is 0 Å². The maximum Gasteiger partial charge on any atom is 0.134 e. The molecule has 0 amide bonds. The molecular weight excluding hydrogens is 1460 g/mol. The van der Waals surface area contributed by atoms with Crippen LogP contribution < -0.4 is 37.9 Å². The van der Waals surface area contributed by atoms with Crippen LogP contribution in [0.1, 0.15) is 44.5 Å². The second-order valence-electron chi connectivity index (χ2n) is 23.7. The second-order valence-corrected chi connectivity index (χ2v) is 27.1. The van der Waals surface area contributed by atoms with Gasteiger partial charge in [-0.05, 0) is 224 Å². The number of hydrogen-bond donors (Lipinski definition) is 0. The fourth-order valence-corrected chi connectivity index (χ4v) is 14.1. The van der Waals surface area contributed by atoms with E-state index >= 15 is 0 Å². The van der Waals surface area contributed by atoms with Crippen molar-refractivity contribution in [2.24, 2.45) is 0 Å². The van der Waals surface area contributed by atoms with Gasteiger partial charge in [-0.25, -0.2) is 0 Å². The van der Waals surface area contributed by atoms with Crippen LogP contribution >= 0.6 is 63.7 Å². The first-order chi connectivity index (χ1) is 47.2. The minimum absolute atomic E-state index is 0.258. The Hall–Kier alpha value is -9.56. The summed E-state index contributed by atoms with van der Waals surface area (Å²) >= 11 is 15.6. The molecule has 0 saturated carbocycles. The molecule has 4 bridgehead atoms. The lowest BCUT2D eigenvalue weighted by atomic mass is 9.91. The number of ether oxygens (including phenoxy) is 8. The van der Waals surface area contributed by atoms with E-state index in [9.17, 15) is 0 Å². The molecule has 0 saturated heterocycles. The quantitative estimate of drug-likeness (QED) is 0.120. The highest BCUT2D eigenvalue weighted by Gasteiger charge is 2.26. The Morgan fingerprint density at radius 1 is 0.240 bits per heavy atom. The van der Waals surface area contributed by atoms with Crippen molar-refractivity contribution in [3.8, 4) is 68.2 Å². The molecule has 8 nitrogen and oxygen atoms in total. The molecule has 0 radical (unpaired) electrons. The second kappa shape index (κ2) is 28.4. The summed E-state index contributed by atoms with van der Waals surface area (Å²) in [5.41, 5.74) is 11.5. The van der Waals surface area contributed by atoms with Gasteiger partial charge in [-0.2, -0.15) is 0 Å². The van der Waals surface area contributed by atoms with Crippen molar-refractivity contribution in [1.29, 1.82) is 0 Å². The average molecular weight is 1520 g/mol. The zero-order chi connectivity index (χ0) is 64.9. The van der Waals surface area contributed by atoms with Crippen molar-refractivity contribution in [3.63, 3.8) is 0 Å². The molecule has 0 unspecified atom stereocenters. The third-order valence-electron chi connectivity index (χ3n) is 17.2. The van der Waals surface area contributed by atoms with E-state index < -0.39 is 0 Å². The largest absolute Gasteiger partial charge is 0.488 e. The van der Waals surface area contributed by atoms with Gasteiger partial charge in [-0.1, -0.05) is 194 Å². The van der Waals surface area contributed by atoms with Crippen molar-refractivity contribution in [1.82, 2.24) is 0 Å². The first-order valence-corrected chi connectivity index (χ1v) is 34.7. The average Bonchev–Trinajstić information content (AvgIpc) is 0.752. The Morgan fingerprint density at radius 2 is 0.448 bits per heavy atom. The standard InChI is InChI=1S/C84H60Br4O8/c85-69-37-61-29-33-73-81(65(61)41-77(69)93-45-53-13-5-1-6-14-53)82-66-42-78(94-46-54-15-7-2-8-16-54)70(86)38-62(66)30-34-74(82)90-50-58-25-27-60(28-26-58)52-92-76-36-32-64-40-72(88)80(96-48-56-19-11-4-12-20-56)44-68(64)84(76)83-67-43-79(95-47-55-17-9-3-10-18-55)71(87)39-63(67)31-35-75(83)91-51-59-23-21-57(22-24-59)49-89-73/h1-44H,45-52H2. The van der Waals surface area contributed by atoms with Crippen LogP contribution in [0.4, 0.5) is 0 Å². The van der Waals surface area contributed by atoms with Crippen LogP contribution in [0.3, 0.4) is 0 Å². The van der Waals surface area contributed by atoms with E-state index in [1.54, 1.807) is 0 Å². The Bertz CT molecular complexity index is 4510. The first-order valence-electron chi connectivity index (χ1n) is 31.6. The SMILES string of the molecule is Brc1cc2ccc3c(c2cc1OCc1ccccc1)-c1c(ccc2cc(Br)c(OCc4ccccc4)cc12)OCc1ccc(cc1)COc1ccc2cc(Br)c(OCc4ccccc4)cc2c1-c1c(ccc2cc(Br)c(OCc4ccccc4)cc12)OCc1ccc(cc1)CO3. The Morgan fingerprint density at radius 3 is 0.656 bits per heavy atom. The van der Waals surface area contributed by atoms with E-state index in [0.29, 0.717) is 72.4 Å². The summed E-state index contributed by atoms with van der Waals surface area (Å²) in [6.45, 7) is 2.55. The van der Waals surface area contributed by atoms with E-state index in [0.717, 1.165) is 128 Å². The number of hydrogen-bond acceptors (Lipinski definition) is 8. The minimum atomic E-state index is 0.258. The molecule has 14 aromatic carbocycles.